The van der Waals surface area contributed by atoms with Gasteiger partial charge in [0.05, 0.1) is 24.0 Å². The summed E-state index contributed by atoms with van der Waals surface area (Å²) in [5, 5.41) is 16.6. The largest absolute Gasteiger partial charge is 0.486 e. The third kappa shape index (κ3) is 6.39. The number of fused-ring (bicyclic) bond motifs is 1. The Bertz CT molecular complexity index is 2080. The summed E-state index contributed by atoms with van der Waals surface area (Å²) in [5.41, 5.74) is 2.32. The molecule has 0 saturated carbocycles. The average molecular weight is 691 g/mol. The molecule has 0 aliphatic carbocycles. The summed E-state index contributed by atoms with van der Waals surface area (Å²) < 4.78 is 79.5. The zero-order valence-electron chi connectivity index (χ0n) is 26.1. The van der Waals surface area contributed by atoms with E-state index in [1.807, 2.05) is 23.6 Å². The molecule has 0 bridgehead atoms. The number of hydrogen-bond acceptors (Lipinski definition) is 5. The number of nitrogens with one attached hydrogen (secondary N) is 1. The van der Waals surface area contributed by atoms with Crippen LogP contribution < -0.4 is 10.1 Å². The van der Waals surface area contributed by atoms with Crippen LogP contribution in [-0.2, 0) is 0 Å². The number of carbonyl (C=O) groups excluding carboxylic acids is 1. The number of benzene rings is 2. The quantitative estimate of drug-likeness (QED) is 0.166. The lowest BCUT2D eigenvalue weighted by molar-refractivity contribution is -0.0775. The van der Waals surface area contributed by atoms with Crippen molar-refractivity contribution in [2.45, 2.75) is 44.7 Å². The van der Waals surface area contributed by atoms with Crippen LogP contribution in [0.3, 0.4) is 0 Å². The second-order valence-electron chi connectivity index (χ2n) is 12.8. The normalized spacial score (nSPS) is 18.1. The Morgan fingerprint density at radius 3 is 2.42 bits per heavy atom. The fourth-order valence-corrected chi connectivity index (χ4v) is 6.54. The summed E-state index contributed by atoms with van der Waals surface area (Å²) in [6.45, 7) is 6.78. The van der Waals surface area contributed by atoms with E-state index in [2.05, 4.69) is 15.4 Å². The highest BCUT2D eigenvalue weighted by atomic mass is 32.5. The summed E-state index contributed by atoms with van der Waals surface area (Å²) in [4.78, 5) is 27.9. The van der Waals surface area contributed by atoms with Gasteiger partial charge >= 0.3 is 16.3 Å². The molecule has 10 nitrogen and oxygen atoms in total. The second-order valence-corrected chi connectivity index (χ2v) is 15.2. The molecule has 5 aromatic rings. The molecule has 254 valence electrons. The molecule has 1 fully saturated rings. The third-order valence-corrected chi connectivity index (χ3v) is 9.20. The van der Waals surface area contributed by atoms with Crippen molar-refractivity contribution in [3.8, 4) is 22.7 Å². The van der Waals surface area contributed by atoms with Gasteiger partial charge in [-0.2, -0.15) is 5.10 Å². The average Bonchev–Trinajstić information content (AvgIpc) is 3.55. The standard InChI is InChI=1S/C32H31F5N6O4S/c1-19-7-8-22(14-26(19)41-10-11-43-28(41)16-25(40-43)20-6-5-9-38-17-20)39-30(44)21-12-23(15-24(13-21)48(33,34,35,36)37)47-27-18-42(31(45)46)29(27)32(2,3)4/h5-17,27,29H,18H2,1-4H3,(H,39,44)(H,45,46). The molecule has 48 heavy (non-hydrogen) atoms. The third-order valence-electron chi connectivity index (χ3n) is 8.08. The molecule has 1 aliphatic heterocycles. The smallest absolute Gasteiger partial charge is 0.407 e. The zero-order chi connectivity index (χ0) is 34.9. The first-order chi connectivity index (χ1) is 22.2. The molecule has 2 atom stereocenters. The number of halogens is 5. The summed E-state index contributed by atoms with van der Waals surface area (Å²) in [5.74, 6) is -1.73. The Kier molecular flexibility index (Phi) is 7.13. The van der Waals surface area contributed by atoms with Crippen LogP contribution >= 0.6 is 10.2 Å². The lowest BCUT2D eigenvalue weighted by Crippen LogP contribution is -2.68. The molecule has 3 aromatic heterocycles. The van der Waals surface area contributed by atoms with Gasteiger partial charge in [0.2, 0.25) is 0 Å². The minimum atomic E-state index is -10.3. The van der Waals surface area contributed by atoms with Crippen molar-refractivity contribution in [1.82, 2.24) is 24.1 Å². The molecule has 2 unspecified atom stereocenters. The number of nitrogens with zero attached hydrogens (tertiary/aromatic N) is 5. The first-order valence-corrected chi connectivity index (χ1v) is 16.6. The number of carbonyl (C=O) groups is 2. The second kappa shape index (κ2) is 10.4. The Balaban J connectivity index is 1.32. The monoisotopic (exact) mass is 690 g/mol. The van der Waals surface area contributed by atoms with Crippen molar-refractivity contribution >= 4 is 33.6 Å². The molecule has 0 radical (unpaired) electrons. The van der Waals surface area contributed by atoms with E-state index in [4.69, 9.17) is 4.74 Å². The maximum absolute atomic E-state index is 14.1. The Morgan fingerprint density at radius 1 is 1.02 bits per heavy atom. The first-order valence-electron chi connectivity index (χ1n) is 14.6. The van der Waals surface area contributed by atoms with E-state index in [0.29, 0.717) is 17.0 Å². The number of rotatable bonds is 7. The predicted molar refractivity (Wildman–Crippen MR) is 171 cm³/mol. The van der Waals surface area contributed by atoms with E-state index >= 15 is 0 Å². The van der Waals surface area contributed by atoms with Gasteiger partial charge in [-0.25, -0.2) is 9.31 Å². The number of amides is 2. The minimum Gasteiger partial charge on any atom is -0.486 e. The van der Waals surface area contributed by atoms with E-state index in [1.54, 1.807) is 68.3 Å². The fraction of sp³-hybridized carbons (Fsp3) is 0.250. The number of likely N-dealkylation sites (tertiary alicyclic amines) is 1. The lowest BCUT2D eigenvalue weighted by atomic mass is 9.77. The van der Waals surface area contributed by atoms with Gasteiger partial charge in [-0.05, 0) is 54.3 Å². The molecule has 4 heterocycles. The maximum Gasteiger partial charge on any atom is 0.407 e. The summed E-state index contributed by atoms with van der Waals surface area (Å²) in [7, 11) is -10.3. The van der Waals surface area contributed by atoms with Crippen LogP contribution in [0, 0.1) is 12.3 Å². The Hall–Kier alpha value is -5.12. The van der Waals surface area contributed by atoms with Crippen LogP contribution in [0.5, 0.6) is 5.75 Å². The molecule has 0 spiro atoms. The number of ether oxygens (including phenoxy) is 1. The number of aromatic nitrogens is 4. The van der Waals surface area contributed by atoms with Gasteiger partial charge in [0, 0.05) is 53.7 Å². The zero-order valence-corrected chi connectivity index (χ0v) is 26.9. The summed E-state index contributed by atoms with van der Waals surface area (Å²) >= 11 is 0. The molecule has 1 saturated heterocycles. The number of imidazole rings is 1. The van der Waals surface area contributed by atoms with Crippen molar-refractivity contribution in [1.29, 1.82) is 0 Å². The van der Waals surface area contributed by atoms with Crippen molar-refractivity contribution < 1.29 is 38.9 Å². The van der Waals surface area contributed by atoms with E-state index in [9.17, 15) is 34.1 Å². The summed E-state index contributed by atoms with van der Waals surface area (Å²) in [6, 6.07) is 10.7. The van der Waals surface area contributed by atoms with Gasteiger partial charge in [-0.3, -0.25) is 19.2 Å². The highest BCUT2D eigenvalue weighted by molar-refractivity contribution is 8.45. The molecular formula is C32H31F5N6O4S. The molecule has 1 aliphatic rings. The van der Waals surface area contributed by atoms with Gasteiger partial charge < -0.3 is 15.2 Å². The van der Waals surface area contributed by atoms with Crippen LogP contribution in [0.25, 0.3) is 22.6 Å². The minimum absolute atomic E-state index is 0.0894. The first kappa shape index (κ1) is 32.8. The SMILES string of the molecule is Cc1ccc(NC(=O)c2cc(OC3CN(C(=O)O)C3C(C)(C)C)cc(S(F)(F)(F)(F)F)c2)cc1-n1ccn2nc(-c3cccnc3)cc12. The lowest BCUT2D eigenvalue weighted by Gasteiger charge is -2.52. The van der Waals surface area contributed by atoms with Crippen LogP contribution in [0.1, 0.15) is 36.7 Å². The molecule has 2 aromatic carbocycles. The van der Waals surface area contributed by atoms with Crippen LogP contribution in [0.4, 0.5) is 29.9 Å². The number of hydrogen-bond donors (Lipinski definition) is 2. The molecule has 2 N–H and O–H groups in total. The fourth-order valence-electron chi connectivity index (χ4n) is 5.85. The van der Waals surface area contributed by atoms with E-state index in [-0.39, 0.29) is 24.4 Å². The van der Waals surface area contributed by atoms with Crippen molar-refractivity contribution in [3.05, 3.63) is 90.5 Å². The van der Waals surface area contributed by atoms with Gasteiger partial charge in [-0.15, -0.1) is 0 Å². The van der Waals surface area contributed by atoms with E-state index in [1.165, 1.54) is 6.07 Å². The number of carboxylic acid groups (broad SMARTS) is 1. The number of anilines is 1. The number of aryl methyl sites for hydroxylation is 1. The maximum atomic E-state index is 14.1. The molecule has 2 amide bonds. The van der Waals surface area contributed by atoms with Crippen LogP contribution in [0.2, 0.25) is 0 Å². The topological polar surface area (TPSA) is 114 Å². The molecular weight excluding hydrogens is 659 g/mol. The molecule has 16 heteroatoms. The Labute approximate surface area is 271 Å². The predicted octanol–water partition coefficient (Wildman–Crippen LogP) is 8.56. The molecule has 6 rings (SSSR count). The van der Waals surface area contributed by atoms with Gasteiger partial charge in [0.25, 0.3) is 5.91 Å². The number of pyridine rings is 1. The summed E-state index contributed by atoms with van der Waals surface area (Å²) in [6.07, 6.45) is 4.61. The van der Waals surface area contributed by atoms with Crippen LogP contribution in [-0.4, -0.2) is 59.9 Å². The van der Waals surface area contributed by atoms with E-state index in [0.717, 1.165) is 22.1 Å². The van der Waals surface area contributed by atoms with E-state index < -0.39 is 56.0 Å². The van der Waals surface area contributed by atoms with Crippen LogP contribution in [0.15, 0.2) is 84.3 Å². The highest BCUT2D eigenvalue weighted by Crippen LogP contribution is 3.02. The van der Waals surface area contributed by atoms with Crippen molar-refractivity contribution in [2.75, 3.05) is 11.9 Å². The Morgan fingerprint density at radius 2 is 1.77 bits per heavy atom. The van der Waals surface area contributed by atoms with Gasteiger partial charge in [0.1, 0.15) is 22.4 Å². The van der Waals surface area contributed by atoms with Crippen molar-refractivity contribution in [2.24, 2.45) is 5.41 Å². The van der Waals surface area contributed by atoms with Gasteiger partial charge in [0.15, 0.2) is 0 Å². The van der Waals surface area contributed by atoms with Crippen molar-refractivity contribution in [3.63, 3.8) is 0 Å². The highest BCUT2D eigenvalue weighted by Gasteiger charge is 2.66. The van der Waals surface area contributed by atoms with Gasteiger partial charge in [-0.1, -0.05) is 46.3 Å².